The van der Waals surface area contributed by atoms with Crippen LogP contribution in [-0.4, -0.2) is 31.6 Å². The van der Waals surface area contributed by atoms with Gasteiger partial charge in [0.2, 0.25) is 5.91 Å². The fourth-order valence-corrected chi connectivity index (χ4v) is 3.17. The quantitative estimate of drug-likeness (QED) is 0.774. The number of ether oxygens (including phenoxy) is 3. The first-order chi connectivity index (χ1) is 13.1. The van der Waals surface area contributed by atoms with E-state index in [0.717, 1.165) is 0 Å². The molecule has 0 bridgehead atoms. The zero-order valence-corrected chi connectivity index (χ0v) is 14.5. The van der Waals surface area contributed by atoms with Crippen molar-refractivity contribution in [2.45, 2.75) is 13.0 Å². The summed E-state index contributed by atoms with van der Waals surface area (Å²) in [5, 5.41) is 0. The second-order valence-corrected chi connectivity index (χ2v) is 6.47. The van der Waals surface area contributed by atoms with Crippen molar-refractivity contribution in [1.82, 2.24) is 0 Å². The summed E-state index contributed by atoms with van der Waals surface area (Å²) in [6, 6.07) is 11.0. The number of fused-ring (bicyclic) bond motifs is 1. The molecular weight excluding hydrogens is 353 g/mol. The summed E-state index contributed by atoms with van der Waals surface area (Å²) in [5.41, 5.74) is 1.36. The first-order valence-electron chi connectivity index (χ1n) is 8.71. The van der Waals surface area contributed by atoms with Crippen molar-refractivity contribution in [1.29, 1.82) is 0 Å². The second kappa shape index (κ2) is 7.26. The van der Waals surface area contributed by atoms with Gasteiger partial charge in [-0.05, 0) is 29.8 Å². The van der Waals surface area contributed by atoms with Gasteiger partial charge in [0, 0.05) is 24.7 Å². The molecule has 0 N–H and O–H groups in total. The van der Waals surface area contributed by atoms with Crippen LogP contribution in [-0.2, 0) is 20.9 Å². The molecular formula is C20H18FNO5. The highest BCUT2D eigenvalue weighted by Gasteiger charge is 2.36. The minimum atomic E-state index is -0.536. The Morgan fingerprint density at radius 3 is 2.63 bits per heavy atom. The van der Waals surface area contributed by atoms with Crippen LogP contribution in [0, 0.1) is 11.7 Å². The van der Waals surface area contributed by atoms with Gasteiger partial charge in [-0.2, -0.15) is 0 Å². The van der Waals surface area contributed by atoms with Gasteiger partial charge in [0.1, 0.15) is 25.6 Å². The summed E-state index contributed by atoms with van der Waals surface area (Å²) >= 11 is 0. The highest BCUT2D eigenvalue weighted by molar-refractivity contribution is 5.99. The summed E-state index contributed by atoms with van der Waals surface area (Å²) < 4.78 is 29.2. The van der Waals surface area contributed by atoms with Crippen molar-refractivity contribution in [3.05, 3.63) is 53.8 Å². The number of nitrogens with zero attached hydrogens (tertiary/aromatic N) is 1. The van der Waals surface area contributed by atoms with Gasteiger partial charge in [0.05, 0.1) is 5.92 Å². The van der Waals surface area contributed by atoms with Crippen LogP contribution in [0.25, 0.3) is 0 Å². The smallest absolute Gasteiger partial charge is 0.311 e. The first-order valence-corrected chi connectivity index (χ1v) is 8.71. The molecule has 0 aromatic heterocycles. The van der Waals surface area contributed by atoms with Gasteiger partial charge in [-0.1, -0.05) is 12.1 Å². The fraction of sp³-hybridized carbons (Fsp3) is 0.300. The third kappa shape index (κ3) is 3.72. The van der Waals surface area contributed by atoms with E-state index in [2.05, 4.69) is 0 Å². The van der Waals surface area contributed by atoms with E-state index in [-0.39, 0.29) is 31.3 Å². The maximum absolute atomic E-state index is 12.9. The lowest BCUT2D eigenvalue weighted by molar-refractivity contribution is -0.149. The van der Waals surface area contributed by atoms with E-state index in [0.29, 0.717) is 36.0 Å². The van der Waals surface area contributed by atoms with Gasteiger partial charge >= 0.3 is 5.97 Å². The topological polar surface area (TPSA) is 65.1 Å². The maximum Gasteiger partial charge on any atom is 0.311 e. The van der Waals surface area contributed by atoms with Crippen molar-refractivity contribution in [3.8, 4) is 11.5 Å². The molecule has 0 unspecified atom stereocenters. The van der Waals surface area contributed by atoms with Crippen LogP contribution in [0.1, 0.15) is 12.0 Å². The van der Waals surface area contributed by atoms with E-state index in [9.17, 15) is 14.0 Å². The molecule has 2 aliphatic rings. The Morgan fingerprint density at radius 2 is 1.85 bits per heavy atom. The lowest BCUT2D eigenvalue weighted by Crippen LogP contribution is -2.26. The van der Waals surface area contributed by atoms with Gasteiger partial charge in [0.15, 0.2) is 11.5 Å². The number of hydrogen-bond donors (Lipinski definition) is 0. The molecule has 4 rings (SSSR count). The van der Waals surface area contributed by atoms with E-state index in [1.54, 1.807) is 35.2 Å². The van der Waals surface area contributed by atoms with Crippen molar-refractivity contribution >= 4 is 17.6 Å². The molecule has 1 saturated heterocycles. The number of esters is 1. The normalized spacial score (nSPS) is 18.5. The van der Waals surface area contributed by atoms with Gasteiger partial charge in [-0.25, -0.2) is 4.39 Å². The molecule has 6 nitrogen and oxygen atoms in total. The molecule has 2 heterocycles. The number of halogens is 1. The number of carbonyl (C=O) groups is 2. The Hall–Kier alpha value is -3.09. The molecule has 1 fully saturated rings. The van der Waals surface area contributed by atoms with Crippen LogP contribution in [0.15, 0.2) is 42.5 Å². The standard InChI is InChI=1S/C20H18FNO5/c21-15-3-1-13(2-4-15)12-27-20(24)14-9-19(23)22(11-14)16-5-6-17-18(10-16)26-8-7-25-17/h1-6,10,14H,7-9,11-12H2/t14-/m1/s1. The molecule has 0 saturated carbocycles. The molecule has 7 heteroatoms. The second-order valence-electron chi connectivity index (χ2n) is 6.47. The minimum Gasteiger partial charge on any atom is -0.486 e. The van der Waals surface area contributed by atoms with Crippen LogP contribution in [0.5, 0.6) is 11.5 Å². The predicted molar refractivity (Wildman–Crippen MR) is 94.1 cm³/mol. The van der Waals surface area contributed by atoms with Crippen LogP contribution < -0.4 is 14.4 Å². The van der Waals surface area contributed by atoms with Crippen LogP contribution in [0.3, 0.4) is 0 Å². The van der Waals surface area contributed by atoms with Crippen LogP contribution >= 0.6 is 0 Å². The molecule has 2 aromatic rings. The Morgan fingerprint density at radius 1 is 1.11 bits per heavy atom. The summed E-state index contributed by atoms with van der Waals surface area (Å²) in [6.07, 6.45) is 0.0939. The van der Waals surface area contributed by atoms with Crippen molar-refractivity contribution in [2.24, 2.45) is 5.92 Å². The molecule has 0 spiro atoms. The third-order valence-corrected chi connectivity index (χ3v) is 4.59. The molecule has 1 atom stereocenters. The lowest BCUT2D eigenvalue weighted by Gasteiger charge is -2.22. The summed E-state index contributed by atoms with van der Waals surface area (Å²) in [5.74, 6) is -0.225. The number of benzene rings is 2. The Bertz CT molecular complexity index is 867. The Labute approximate surface area is 155 Å². The monoisotopic (exact) mass is 371 g/mol. The fourth-order valence-electron chi connectivity index (χ4n) is 3.17. The summed E-state index contributed by atoms with van der Waals surface area (Å²) in [4.78, 5) is 26.3. The van der Waals surface area contributed by atoms with Gasteiger partial charge in [0.25, 0.3) is 0 Å². The average Bonchev–Trinajstić information content (AvgIpc) is 3.09. The van der Waals surface area contributed by atoms with Crippen molar-refractivity contribution in [2.75, 3.05) is 24.7 Å². The summed E-state index contributed by atoms with van der Waals surface area (Å²) in [6.45, 7) is 1.26. The lowest BCUT2D eigenvalue weighted by atomic mass is 10.1. The van der Waals surface area contributed by atoms with Gasteiger partial charge in [-0.15, -0.1) is 0 Å². The van der Waals surface area contributed by atoms with E-state index in [4.69, 9.17) is 14.2 Å². The first kappa shape index (κ1) is 17.3. The number of amides is 1. The largest absolute Gasteiger partial charge is 0.486 e. The van der Waals surface area contributed by atoms with E-state index in [1.165, 1.54) is 12.1 Å². The highest BCUT2D eigenvalue weighted by Crippen LogP contribution is 2.36. The van der Waals surface area contributed by atoms with Crippen LogP contribution in [0.2, 0.25) is 0 Å². The molecule has 0 aliphatic carbocycles. The van der Waals surface area contributed by atoms with Crippen molar-refractivity contribution in [3.63, 3.8) is 0 Å². The molecule has 0 radical (unpaired) electrons. The maximum atomic E-state index is 12.9. The Kier molecular flexibility index (Phi) is 4.66. The minimum absolute atomic E-state index is 0.0494. The van der Waals surface area contributed by atoms with E-state index >= 15 is 0 Å². The SMILES string of the molecule is O=C(OCc1ccc(F)cc1)[C@@H]1CC(=O)N(c2ccc3c(c2)OCCO3)C1. The molecule has 2 aromatic carbocycles. The molecule has 27 heavy (non-hydrogen) atoms. The summed E-state index contributed by atoms with van der Waals surface area (Å²) in [7, 11) is 0. The van der Waals surface area contributed by atoms with Crippen molar-refractivity contribution < 1.29 is 28.2 Å². The Balaban J connectivity index is 1.39. The number of hydrogen-bond acceptors (Lipinski definition) is 5. The van der Waals surface area contributed by atoms with Gasteiger partial charge in [-0.3, -0.25) is 9.59 Å². The van der Waals surface area contributed by atoms with Gasteiger partial charge < -0.3 is 19.1 Å². The number of rotatable bonds is 4. The number of anilines is 1. The number of carbonyl (C=O) groups excluding carboxylic acids is 2. The molecule has 1 amide bonds. The van der Waals surface area contributed by atoms with E-state index in [1.807, 2.05) is 0 Å². The molecule has 2 aliphatic heterocycles. The average molecular weight is 371 g/mol. The zero-order valence-electron chi connectivity index (χ0n) is 14.5. The predicted octanol–water partition coefficient (Wildman–Crippen LogP) is 2.69. The van der Waals surface area contributed by atoms with Crippen LogP contribution in [0.4, 0.5) is 10.1 Å². The zero-order chi connectivity index (χ0) is 18.8. The molecule has 140 valence electrons. The highest BCUT2D eigenvalue weighted by atomic mass is 19.1. The van der Waals surface area contributed by atoms with E-state index < -0.39 is 11.9 Å². The third-order valence-electron chi connectivity index (χ3n) is 4.59.